The van der Waals surface area contributed by atoms with Crippen LogP contribution in [0.25, 0.3) is 0 Å². The van der Waals surface area contributed by atoms with Gasteiger partial charge in [-0.3, -0.25) is 14.9 Å². The predicted molar refractivity (Wildman–Crippen MR) is 118 cm³/mol. The summed E-state index contributed by atoms with van der Waals surface area (Å²) in [6, 6.07) is 14.3. The second-order valence-electron chi connectivity index (χ2n) is 7.60. The van der Waals surface area contributed by atoms with Gasteiger partial charge in [-0.2, -0.15) is 0 Å². The lowest BCUT2D eigenvalue weighted by molar-refractivity contribution is -0.152. The Morgan fingerprint density at radius 1 is 1.03 bits per heavy atom. The molecule has 0 bridgehead atoms. The molecule has 3 rings (SSSR count). The van der Waals surface area contributed by atoms with Gasteiger partial charge in [0.05, 0.1) is 6.04 Å². The Morgan fingerprint density at radius 2 is 1.65 bits per heavy atom. The van der Waals surface area contributed by atoms with Gasteiger partial charge in [0.1, 0.15) is 12.1 Å². The molecular formula is C23H27ClN2O5. The fourth-order valence-corrected chi connectivity index (χ4v) is 3.83. The van der Waals surface area contributed by atoms with Crippen molar-refractivity contribution in [2.75, 3.05) is 0 Å². The number of fused-ring (bicyclic) bond motifs is 1. The molecule has 3 atom stereocenters. The monoisotopic (exact) mass is 446 g/mol. The fourth-order valence-electron chi connectivity index (χ4n) is 3.83. The van der Waals surface area contributed by atoms with Crippen molar-refractivity contribution >= 4 is 30.3 Å². The van der Waals surface area contributed by atoms with Crippen molar-refractivity contribution in [2.24, 2.45) is 0 Å². The molecule has 8 heteroatoms. The third-order valence-corrected chi connectivity index (χ3v) is 5.50. The van der Waals surface area contributed by atoms with Gasteiger partial charge in [-0.1, -0.05) is 54.6 Å². The zero-order valence-electron chi connectivity index (χ0n) is 17.2. The van der Waals surface area contributed by atoms with Crippen LogP contribution in [0.15, 0.2) is 54.6 Å². The number of nitrogens with one attached hydrogen (secondary N) is 1. The number of aliphatic carboxylic acids is 2. The second-order valence-corrected chi connectivity index (χ2v) is 7.60. The number of nitrogens with zero attached hydrogens (tertiary/aromatic N) is 1. The molecule has 3 unspecified atom stereocenters. The minimum absolute atomic E-state index is 0. The molecule has 0 saturated carbocycles. The molecule has 1 aliphatic rings. The van der Waals surface area contributed by atoms with E-state index in [1.54, 1.807) is 6.92 Å². The Morgan fingerprint density at radius 3 is 2.26 bits per heavy atom. The Kier molecular flexibility index (Phi) is 8.59. The molecule has 3 N–H and O–H groups in total. The first-order valence-corrected chi connectivity index (χ1v) is 9.99. The van der Waals surface area contributed by atoms with E-state index in [0.29, 0.717) is 12.8 Å². The third-order valence-electron chi connectivity index (χ3n) is 5.50. The van der Waals surface area contributed by atoms with Crippen molar-refractivity contribution in [1.29, 1.82) is 0 Å². The molecule has 0 spiro atoms. The SMILES string of the molecule is CC(NC(CCc1ccccc1)C(=O)O)C(=O)N1Cc2ccccc2CC1C(=O)O.Cl. The zero-order chi connectivity index (χ0) is 21.7. The smallest absolute Gasteiger partial charge is 0.326 e. The lowest BCUT2D eigenvalue weighted by Gasteiger charge is -2.36. The summed E-state index contributed by atoms with van der Waals surface area (Å²) in [7, 11) is 0. The molecule has 166 valence electrons. The summed E-state index contributed by atoms with van der Waals surface area (Å²) >= 11 is 0. The van der Waals surface area contributed by atoms with E-state index in [4.69, 9.17) is 0 Å². The largest absolute Gasteiger partial charge is 0.480 e. The summed E-state index contributed by atoms with van der Waals surface area (Å²) in [6.07, 6.45) is 1.11. The molecule has 1 heterocycles. The Labute approximate surface area is 187 Å². The maximum absolute atomic E-state index is 13.1. The molecule has 0 fully saturated rings. The van der Waals surface area contributed by atoms with Gasteiger partial charge >= 0.3 is 11.9 Å². The van der Waals surface area contributed by atoms with Gasteiger partial charge < -0.3 is 15.1 Å². The molecule has 0 saturated heterocycles. The number of halogens is 1. The number of hydrogen-bond donors (Lipinski definition) is 3. The lowest BCUT2D eigenvalue weighted by atomic mass is 9.93. The first-order valence-electron chi connectivity index (χ1n) is 9.99. The van der Waals surface area contributed by atoms with Crippen molar-refractivity contribution < 1.29 is 24.6 Å². The molecule has 2 aromatic rings. The van der Waals surface area contributed by atoms with E-state index < -0.39 is 36.0 Å². The highest BCUT2D eigenvalue weighted by Gasteiger charge is 2.37. The number of carboxylic acids is 2. The van der Waals surface area contributed by atoms with E-state index in [2.05, 4.69) is 5.32 Å². The molecule has 1 amide bonds. The number of aryl methyl sites for hydroxylation is 1. The molecule has 7 nitrogen and oxygen atoms in total. The molecule has 0 aliphatic carbocycles. The number of amides is 1. The van der Waals surface area contributed by atoms with E-state index in [-0.39, 0.29) is 25.4 Å². The normalized spacial score (nSPS) is 17.1. The van der Waals surface area contributed by atoms with Crippen LogP contribution < -0.4 is 5.32 Å². The fraction of sp³-hybridized carbons (Fsp3) is 0.348. The summed E-state index contributed by atoms with van der Waals surface area (Å²) in [5.41, 5.74) is 2.85. The highest BCUT2D eigenvalue weighted by atomic mass is 35.5. The zero-order valence-corrected chi connectivity index (χ0v) is 18.0. The molecule has 0 aromatic heterocycles. The van der Waals surface area contributed by atoms with Crippen LogP contribution in [0.3, 0.4) is 0 Å². The summed E-state index contributed by atoms with van der Waals surface area (Å²) in [5, 5.41) is 22.1. The van der Waals surface area contributed by atoms with Crippen LogP contribution in [0.4, 0.5) is 0 Å². The summed E-state index contributed by atoms with van der Waals surface area (Å²) < 4.78 is 0. The highest BCUT2D eigenvalue weighted by molar-refractivity contribution is 5.88. The Hall–Kier alpha value is -2.90. The minimum Gasteiger partial charge on any atom is -0.480 e. The van der Waals surface area contributed by atoms with Gasteiger partial charge in [-0.15, -0.1) is 12.4 Å². The van der Waals surface area contributed by atoms with E-state index >= 15 is 0 Å². The van der Waals surface area contributed by atoms with Crippen molar-refractivity contribution in [3.63, 3.8) is 0 Å². The van der Waals surface area contributed by atoms with Gasteiger partial charge in [-0.25, -0.2) is 4.79 Å². The van der Waals surface area contributed by atoms with Crippen LogP contribution in [0.2, 0.25) is 0 Å². The van der Waals surface area contributed by atoms with Crippen LogP contribution in [-0.2, 0) is 33.8 Å². The highest BCUT2D eigenvalue weighted by Crippen LogP contribution is 2.24. The number of carbonyl (C=O) groups is 3. The maximum atomic E-state index is 13.1. The quantitative estimate of drug-likeness (QED) is 0.575. The van der Waals surface area contributed by atoms with Crippen LogP contribution in [0.1, 0.15) is 30.0 Å². The van der Waals surface area contributed by atoms with Crippen molar-refractivity contribution in [3.8, 4) is 0 Å². The van der Waals surface area contributed by atoms with Crippen molar-refractivity contribution in [1.82, 2.24) is 10.2 Å². The maximum Gasteiger partial charge on any atom is 0.326 e. The molecule has 31 heavy (non-hydrogen) atoms. The van der Waals surface area contributed by atoms with E-state index in [0.717, 1.165) is 16.7 Å². The third kappa shape index (κ3) is 6.06. The van der Waals surface area contributed by atoms with E-state index in [9.17, 15) is 24.6 Å². The van der Waals surface area contributed by atoms with Gasteiger partial charge in [0.2, 0.25) is 5.91 Å². The van der Waals surface area contributed by atoms with Crippen LogP contribution in [0.5, 0.6) is 0 Å². The van der Waals surface area contributed by atoms with Crippen LogP contribution >= 0.6 is 12.4 Å². The molecule has 2 aromatic carbocycles. The second kappa shape index (κ2) is 10.9. The predicted octanol–water partition coefficient (Wildman–Crippen LogP) is 2.51. The van der Waals surface area contributed by atoms with Crippen LogP contribution in [0, 0.1) is 0 Å². The van der Waals surface area contributed by atoms with Crippen molar-refractivity contribution in [3.05, 3.63) is 71.3 Å². The Bertz CT molecular complexity index is 921. The number of benzene rings is 2. The molecule has 0 radical (unpaired) electrons. The first kappa shape index (κ1) is 24.4. The van der Waals surface area contributed by atoms with Gasteiger partial charge in [0, 0.05) is 13.0 Å². The number of carbonyl (C=O) groups excluding carboxylic acids is 1. The van der Waals surface area contributed by atoms with Gasteiger partial charge in [0.15, 0.2) is 0 Å². The standard InChI is InChI=1S/C23H26N2O5.ClH/c1-15(24-19(22(27)28)12-11-16-7-3-2-4-8-16)21(26)25-14-18-10-6-5-9-17(18)13-20(25)23(29)30;/h2-10,15,19-20,24H,11-14H2,1H3,(H,27,28)(H,29,30);1H. The van der Waals surface area contributed by atoms with Gasteiger partial charge in [-0.05, 0) is 36.5 Å². The number of carboxylic acid groups (broad SMARTS) is 2. The summed E-state index contributed by atoms with van der Waals surface area (Å²) in [5.74, 6) is -2.52. The first-order chi connectivity index (χ1) is 14.4. The summed E-state index contributed by atoms with van der Waals surface area (Å²) in [6.45, 7) is 1.78. The van der Waals surface area contributed by atoms with E-state index in [1.807, 2.05) is 54.6 Å². The number of rotatable bonds is 8. The van der Waals surface area contributed by atoms with Gasteiger partial charge in [0.25, 0.3) is 0 Å². The summed E-state index contributed by atoms with van der Waals surface area (Å²) in [4.78, 5) is 37.9. The van der Waals surface area contributed by atoms with E-state index in [1.165, 1.54) is 4.90 Å². The lowest BCUT2D eigenvalue weighted by Crippen LogP contribution is -2.56. The average Bonchev–Trinajstić information content (AvgIpc) is 2.75. The van der Waals surface area contributed by atoms with Crippen molar-refractivity contribution in [2.45, 2.75) is 50.9 Å². The molecular weight excluding hydrogens is 420 g/mol. The minimum atomic E-state index is -1.07. The Balaban J connectivity index is 0.00000341. The molecule has 1 aliphatic heterocycles. The average molecular weight is 447 g/mol. The topological polar surface area (TPSA) is 107 Å². The number of hydrogen-bond acceptors (Lipinski definition) is 4. The van der Waals surface area contributed by atoms with Crippen LogP contribution in [-0.4, -0.2) is 51.1 Å².